The molecule has 0 aromatic rings. The minimum absolute atomic E-state index is 0.0340. The lowest BCUT2D eigenvalue weighted by molar-refractivity contribution is -0.128. The molecule has 2 aliphatic heterocycles. The van der Waals surface area contributed by atoms with Crippen LogP contribution in [0.4, 0.5) is 0 Å². The first kappa shape index (κ1) is 15.5. The average Bonchev–Trinajstić information content (AvgIpc) is 2.68. The molecule has 2 rings (SSSR count). The van der Waals surface area contributed by atoms with Gasteiger partial charge in [0.05, 0.1) is 6.04 Å². The summed E-state index contributed by atoms with van der Waals surface area (Å²) >= 11 is 0. The van der Waals surface area contributed by atoms with E-state index in [1.165, 1.54) is 0 Å². The van der Waals surface area contributed by atoms with E-state index in [1.54, 1.807) is 4.90 Å². The lowest BCUT2D eigenvalue weighted by Gasteiger charge is -2.26. The van der Waals surface area contributed by atoms with Crippen LogP contribution in [0, 0.1) is 5.41 Å². The topological polar surface area (TPSA) is 90.9 Å². The lowest BCUT2D eigenvalue weighted by atomic mass is 9.96. The molecule has 1 saturated heterocycles. The molecule has 0 bridgehead atoms. The minimum atomic E-state index is -0.301. The van der Waals surface area contributed by atoms with E-state index >= 15 is 0 Å². The first-order valence-corrected chi connectivity index (χ1v) is 7.19. The highest BCUT2D eigenvalue weighted by Crippen LogP contribution is 2.20. The summed E-state index contributed by atoms with van der Waals surface area (Å²) in [6.45, 7) is 7.43. The second kappa shape index (κ2) is 5.83. The number of nitrogens with one attached hydrogen (secondary N) is 2. The zero-order chi connectivity index (χ0) is 15.6. The molecule has 116 valence electrons. The van der Waals surface area contributed by atoms with Crippen LogP contribution in [0.15, 0.2) is 5.10 Å². The van der Waals surface area contributed by atoms with Gasteiger partial charge in [0.25, 0.3) is 5.91 Å². The monoisotopic (exact) mass is 294 g/mol. The van der Waals surface area contributed by atoms with Crippen LogP contribution in [0.1, 0.15) is 40.0 Å². The van der Waals surface area contributed by atoms with Crippen LogP contribution in [0.3, 0.4) is 0 Å². The predicted octanol–water partition coefficient (Wildman–Crippen LogP) is 0.0156. The molecule has 2 aliphatic rings. The van der Waals surface area contributed by atoms with Crippen LogP contribution in [-0.4, -0.2) is 47.5 Å². The Kier molecular flexibility index (Phi) is 4.29. The standard InChI is InChI=1S/C14H22N4O3/c1-14(2,3)8-18-7-9(6-12(18)20)15-13(21)10-4-5-11(19)17-16-10/h9H,4-8H2,1-3H3,(H,15,21)(H,17,19)/t9-/m0/s1. The first-order chi connectivity index (χ1) is 9.74. The maximum atomic E-state index is 12.0. The van der Waals surface area contributed by atoms with Crippen molar-refractivity contribution in [2.75, 3.05) is 13.1 Å². The van der Waals surface area contributed by atoms with E-state index in [4.69, 9.17) is 0 Å². The highest BCUT2D eigenvalue weighted by molar-refractivity contribution is 6.39. The number of hydrogen-bond acceptors (Lipinski definition) is 4. The van der Waals surface area contributed by atoms with Crippen LogP contribution in [0.2, 0.25) is 0 Å². The molecule has 7 nitrogen and oxygen atoms in total. The number of hydrogen-bond donors (Lipinski definition) is 2. The molecule has 1 atom stereocenters. The maximum absolute atomic E-state index is 12.0. The second-order valence-electron chi connectivity index (χ2n) is 6.80. The van der Waals surface area contributed by atoms with E-state index in [2.05, 4.69) is 36.6 Å². The molecule has 0 spiro atoms. The molecular formula is C14H22N4O3. The van der Waals surface area contributed by atoms with Crippen molar-refractivity contribution in [3.05, 3.63) is 0 Å². The van der Waals surface area contributed by atoms with Crippen LogP contribution in [0.5, 0.6) is 0 Å². The Bertz CT molecular complexity index is 493. The number of carbonyl (C=O) groups excluding carboxylic acids is 3. The number of nitrogens with zero attached hydrogens (tertiary/aromatic N) is 2. The number of rotatable bonds is 3. The van der Waals surface area contributed by atoms with Crippen molar-refractivity contribution in [3.63, 3.8) is 0 Å². The van der Waals surface area contributed by atoms with E-state index in [1.807, 2.05) is 0 Å². The summed E-state index contributed by atoms with van der Waals surface area (Å²) < 4.78 is 0. The summed E-state index contributed by atoms with van der Waals surface area (Å²) in [6.07, 6.45) is 0.928. The van der Waals surface area contributed by atoms with Gasteiger partial charge in [-0.3, -0.25) is 14.4 Å². The van der Waals surface area contributed by atoms with Crippen LogP contribution in [0.25, 0.3) is 0 Å². The normalized spacial score (nSPS) is 22.9. The largest absolute Gasteiger partial charge is 0.346 e. The van der Waals surface area contributed by atoms with Gasteiger partial charge >= 0.3 is 0 Å². The van der Waals surface area contributed by atoms with Crippen molar-refractivity contribution in [2.45, 2.75) is 46.1 Å². The minimum Gasteiger partial charge on any atom is -0.346 e. The fourth-order valence-electron chi connectivity index (χ4n) is 2.50. The summed E-state index contributed by atoms with van der Waals surface area (Å²) in [5, 5.41) is 6.58. The Balaban J connectivity index is 1.88. The summed E-state index contributed by atoms with van der Waals surface area (Å²) in [6, 6.07) is -0.187. The lowest BCUT2D eigenvalue weighted by Crippen LogP contribution is -2.43. The SMILES string of the molecule is CC(C)(C)CN1C[C@@H](NC(=O)C2=NNC(=O)CC2)CC1=O. The molecule has 7 heteroatoms. The molecule has 0 saturated carbocycles. The third-order valence-electron chi connectivity index (χ3n) is 3.38. The van der Waals surface area contributed by atoms with Gasteiger partial charge in [-0.25, -0.2) is 5.43 Å². The quantitative estimate of drug-likeness (QED) is 0.768. The van der Waals surface area contributed by atoms with Gasteiger partial charge in [0.15, 0.2) is 0 Å². The first-order valence-electron chi connectivity index (χ1n) is 7.19. The highest BCUT2D eigenvalue weighted by atomic mass is 16.2. The molecule has 0 aromatic heterocycles. The van der Waals surface area contributed by atoms with Crippen molar-refractivity contribution in [1.82, 2.24) is 15.6 Å². The fourth-order valence-corrected chi connectivity index (χ4v) is 2.50. The zero-order valence-electron chi connectivity index (χ0n) is 12.7. The van der Waals surface area contributed by atoms with Crippen molar-refractivity contribution < 1.29 is 14.4 Å². The van der Waals surface area contributed by atoms with Gasteiger partial charge in [-0.15, -0.1) is 0 Å². The van der Waals surface area contributed by atoms with E-state index in [9.17, 15) is 14.4 Å². The van der Waals surface area contributed by atoms with Crippen molar-refractivity contribution in [3.8, 4) is 0 Å². The summed E-state index contributed by atoms with van der Waals surface area (Å²) in [4.78, 5) is 36.8. The van der Waals surface area contributed by atoms with Crippen LogP contribution in [-0.2, 0) is 14.4 Å². The third kappa shape index (κ3) is 4.27. The summed E-state index contributed by atoms with van der Waals surface area (Å²) in [5.41, 5.74) is 2.65. The van der Waals surface area contributed by atoms with Crippen LogP contribution >= 0.6 is 0 Å². The van der Waals surface area contributed by atoms with Gasteiger partial charge in [0, 0.05) is 32.4 Å². The van der Waals surface area contributed by atoms with E-state index in [0.29, 0.717) is 31.6 Å². The van der Waals surface area contributed by atoms with Gasteiger partial charge in [0.1, 0.15) is 5.71 Å². The Morgan fingerprint density at radius 2 is 2.10 bits per heavy atom. The second-order valence-corrected chi connectivity index (χ2v) is 6.80. The Morgan fingerprint density at radius 1 is 1.38 bits per heavy atom. The molecule has 0 radical (unpaired) electrons. The Labute approximate surface area is 124 Å². The molecule has 3 amide bonds. The van der Waals surface area contributed by atoms with Crippen molar-refractivity contribution in [2.24, 2.45) is 10.5 Å². The smallest absolute Gasteiger partial charge is 0.267 e. The molecule has 0 unspecified atom stereocenters. The van der Waals surface area contributed by atoms with E-state index in [-0.39, 0.29) is 35.6 Å². The highest BCUT2D eigenvalue weighted by Gasteiger charge is 2.33. The number of likely N-dealkylation sites (tertiary alicyclic amines) is 1. The number of amides is 3. The molecular weight excluding hydrogens is 272 g/mol. The van der Waals surface area contributed by atoms with Crippen molar-refractivity contribution in [1.29, 1.82) is 0 Å². The van der Waals surface area contributed by atoms with Gasteiger partial charge in [-0.1, -0.05) is 20.8 Å². The number of hydrazone groups is 1. The third-order valence-corrected chi connectivity index (χ3v) is 3.38. The molecule has 0 aliphatic carbocycles. The Hall–Kier alpha value is -1.92. The predicted molar refractivity (Wildman–Crippen MR) is 77.4 cm³/mol. The number of carbonyl (C=O) groups is 3. The van der Waals surface area contributed by atoms with Crippen molar-refractivity contribution >= 4 is 23.4 Å². The van der Waals surface area contributed by atoms with E-state index < -0.39 is 0 Å². The van der Waals surface area contributed by atoms with Gasteiger partial charge in [-0.05, 0) is 5.41 Å². The molecule has 1 fully saturated rings. The van der Waals surface area contributed by atoms with Gasteiger partial charge in [-0.2, -0.15) is 5.10 Å². The van der Waals surface area contributed by atoms with E-state index in [0.717, 1.165) is 0 Å². The average molecular weight is 294 g/mol. The molecule has 0 aromatic carbocycles. The zero-order valence-corrected chi connectivity index (χ0v) is 12.7. The molecule has 2 N–H and O–H groups in total. The Morgan fingerprint density at radius 3 is 2.67 bits per heavy atom. The molecule has 21 heavy (non-hydrogen) atoms. The van der Waals surface area contributed by atoms with Gasteiger partial charge in [0.2, 0.25) is 11.8 Å². The summed E-state index contributed by atoms with van der Waals surface area (Å²) in [7, 11) is 0. The van der Waals surface area contributed by atoms with Crippen LogP contribution < -0.4 is 10.7 Å². The summed E-state index contributed by atoms with van der Waals surface area (Å²) in [5.74, 6) is -0.418. The molecule has 2 heterocycles. The maximum Gasteiger partial charge on any atom is 0.267 e. The van der Waals surface area contributed by atoms with Gasteiger partial charge < -0.3 is 10.2 Å². The fraction of sp³-hybridized carbons (Fsp3) is 0.714.